The van der Waals surface area contributed by atoms with Gasteiger partial charge in [-0.25, -0.2) is 5.43 Å². The molecule has 1 amide bonds. The molecule has 3 heteroatoms. The Morgan fingerprint density at radius 1 is 1.83 bits per heavy atom. The van der Waals surface area contributed by atoms with E-state index in [1.807, 2.05) is 0 Å². The van der Waals surface area contributed by atoms with E-state index < -0.39 is 0 Å². The molecule has 0 aliphatic rings. The summed E-state index contributed by atoms with van der Waals surface area (Å²) in [5.74, 6) is -0.197. The van der Waals surface area contributed by atoms with Crippen LogP contribution in [-0.4, -0.2) is 13.0 Å². The maximum atomic E-state index is 9.81. The quantitative estimate of drug-likeness (QED) is 0.428. The maximum absolute atomic E-state index is 9.81. The first-order valence-corrected chi connectivity index (χ1v) is 1.65. The zero-order valence-electron chi connectivity index (χ0n) is 3.86. The number of nitrogens with one attached hydrogen (secondary N) is 1. The first-order chi connectivity index (χ1) is 2.77. The molecule has 0 atom stereocenters. The van der Waals surface area contributed by atoms with E-state index in [0.29, 0.717) is 0 Å². The molecule has 0 aromatic rings. The molecule has 0 aromatic heterocycles. The molecule has 3 nitrogen and oxygen atoms in total. The number of amides is 1. The number of carbonyl (C=O) groups excluding carboxylic acids is 1. The molecule has 0 aliphatic carbocycles. The van der Waals surface area contributed by atoms with E-state index in [-0.39, 0.29) is 5.91 Å². The Morgan fingerprint density at radius 3 is 2.33 bits per heavy atom. The van der Waals surface area contributed by atoms with Gasteiger partial charge < -0.3 is 0 Å². The second-order valence-electron chi connectivity index (χ2n) is 0.854. The predicted octanol–water partition coefficient (Wildman–Crippen LogP) is -0.728. The molecule has 0 heterocycles. The SMILES string of the molecule is CN[N]C(C)=O. The normalized spacial score (nSPS) is 7.67. The Hall–Kier alpha value is -0.570. The van der Waals surface area contributed by atoms with Crippen LogP contribution < -0.4 is 10.9 Å². The van der Waals surface area contributed by atoms with Crippen molar-refractivity contribution in [1.29, 1.82) is 0 Å². The Kier molecular flexibility index (Phi) is 2.40. The third-order valence-electron chi connectivity index (χ3n) is 0.269. The largest absolute Gasteiger partial charge is 0.272 e. The second kappa shape index (κ2) is 2.66. The highest BCUT2D eigenvalue weighted by molar-refractivity contribution is 5.71. The Bertz CT molecular complexity index is 52.8. The van der Waals surface area contributed by atoms with Gasteiger partial charge >= 0.3 is 0 Å². The highest BCUT2D eigenvalue weighted by atomic mass is 16.2. The van der Waals surface area contributed by atoms with Gasteiger partial charge in [-0.15, -0.1) is 0 Å². The second-order valence-corrected chi connectivity index (χ2v) is 0.854. The molecule has 35 valence electrons. The fraction of sp³-hybridized carbons (Fsp3) is 0.667. The summed E-state index contributed by atoms with van der Waals surface area (Å²) in [5.41, 5.74) is 5.58. The number of rotatable bonds is 1. The molecule has 0 saturated heterocycles. The molecule has 1 radical (unpaired) electrons. The van der Waals surface area contributed by atoms with E-state index in [1.165, 1.54) is 6.92 Å². The summed E-state index contributed by atoms with van der Waals surface area (Å²) in [6.45, 7) is 1.39. The van der Waals surface area contributed by atoms with E-state index >= 15 is 0 Å². The molecule has 0 aromatic carbocycles. The number of carbonyl (C=O) groups is 1. The van der Waals surface area contributed by atoms with Gasteiger partial charge in [-0.05, 0) is 0 Å². The monoisotopic (exact) mass is 87.1 g/mol. The van der Waals surface area contributed by atoms with Crippen molar-refractivity contribution in [3.8, 4) is 0 Å². The van der Waals surface area contributed by atoms with Crippen LogP contribution in [0.4, 0.5) is 0 Å². The fourth-order valence-corrected chi connectivity index (χ4v) is 0.157. The van der Waals surface area contributed by atoms with Crippen LogP contribution in [0.1, 0.15) is 6.92 Å². The molecule has 0 aliphatic heterocycles. The van der Waals surface area contributed by atoms with Crippen LogP contribution in [0.3, 0.4) is 0 Å². The van der Waals surface area contributed by atoms with Gasteiger partial charge in [0.25, 0.3) is 5.91 Å². The molecule has 0 bridgehead atoms. The van der Waals surface area contributed by atoms with Crippen LogP contribution in [-0.2, 0) is 4.79 Å². The van der Waals surface area contributed by atoms with Gasteiger partial charge in [-0.3, -0.25) is 4.79 Å². The minimum atomic E-state index is -0.197. The van der Waals surface area contributed by atoms with Gasteiger partial charge in [0.2, 0.25) is 0 Å². The topological polar surface area (TPSA) is 43.2 Å². The Morgan fingerprint density at radius 2 is 2.33 bits per heavy atom. The third-order valence-corrected chi connectivity index (χ3v) is 0.269. The highest BCUT2D eigenvalue weighted by Gasteiger charge is 1.82. The van der Waals surface area contributed by atoms with Gasteiger partial charge in [-0.1, -0.05) is 0 Å². The lowest BCUT2D eigenvalue weighted by Crippen LogP contribution is -2.23. The van der Waals surface area contributed by atoms with Crippen molar-refractivity contribution in [3.63, 3.8) is 0 Å². The highest BCUT2D eigenvalue weighted by Crippen LogP contribution is 1.50. The summed E-state index contributed by atoms with van der Waals surface area (Å²) < 4.78 is 0. The first-order valence-electron chi connectivity index (χ1n) is 1.65. The lowest BCUT2D eigenvalue weighted by Gasteiger charge is -1.86. The summed E-state index contributed by atoms with van der Waals surface area (Å²) >= 11 is 0. The molecule has 6 heavy (non-hydrogen) atoms. The van der Waals surface area contributed by atoms with Gasteiger partial charge in [0, 0.05) is 14.0 Å². The number of hydrogen-bond acceptors (Lipinski definition) is 2. The zero-order valence-corrected chi connectivity index (χ0v) is 3.86. The Labute approximate surface area is 36.7 Å². The lowest BCUT2D eigenvalue weighted by molar-refractivity contribution is -0.120. The van der Waals surface area contributed by atoms with Gasteiger partial charge in [0.05, 0.1) is 0 Å². The van der Waals surface area contributed by atoms with Crippen LogP contribution in [0.15, 0.2) is 0 Å². The molecule has 0 fully saturated rings. The molecule has 0 spiro atoms. The number of nitrogens with zero attached hydrogens (tertiary/aromatic N) is 1. The molecule has 0 unspecified atom stereocenters. The summed E-state index contributed by atoms with van der Waals surface area (Å²) in [4.78, 5) is 9.81. The summed E-state index contributed by atoms with van der Waals surface area (Å²) in [6, 6.07) is 0. The third kappa shape index (κ3) is 3.43. The van der Waals surface area contributed by atoms with Crippen LogP contribution in [0, 0.1) is 0 Å². The van der Waals surface area contributed by atoms with Crippen LogP contribution in [0.5, 0.6) is 0 Å². The van der Waals surface area contributed by atoms with Gasteiger partial charge in [0.1, 0.15) is 0 Å². The van der Waals surface area contributed by atoms with Gasteiger partial charge in [0.15, 0.2) is 0 Å². The minimum Gasteiger partial charge on any atom is -0.272 e. The lowest BCUT2D eigenvalue weighted by atomic mass is 10.8. The van der Waals surface area contributed by atoms with Crippen molar-refractivity contribution in [2.75, 3.05) is 7.05 Å². The molecule has 1 N–H and O–H groups in total. The van der Waals surface area contributed by atoms with Crippen molar-refractivity contribution >= 4 is 5.91 Å². The van der Waals surface area contributed by atoms with Crippen molar-refractivity contribution in [3.05, 3.63) is 0 Å². The predicted molar refractivity (Wildman–Crippen MR) is 21.9 cm³/mol. The van der Waals surface area contributed by atoms with Crippen molar-refractivity contribution < 1.29 is 4.79 Å². The van der Waals surface area contributed by atoms with E-state index in [2.05, 4.69) is 10.9 Å². The van der Waals surface area contributed by atoms with E-state index in [4.69, 9.17) is 0 Å². The fourth-order valence-electron chi connectivity index (χ4n) is 0.157. The molecular weight excluding hydrogens is 80.0 g/mol. The van der Waals surface area contributed by atoms with E-state index in [9.17, 15) is 4.79 Å². The zero-order chi connectivity index (χ0) is 4.99. The number of hydrogen-bond donors (Lipinski definition) is 1. The van der Waals surface area contributed by atoms with Crippen LogP contribution >= 0.6 is 0 Å². The standard InChI is InChI=1S/C3H7N2O/c1-3(6)5-4-2/h4H,1-2H3. The van der Waals surface area contributed by atoms with E-state index in [1.54, 1.807) is 7.05 Å². The van der Waals surface area contributed by atoms with Crippen molar-refractivity contribution in [1.82, 2.24) is 10.9 Å². The van der Waals surface area contributed by atoms with E-state index in [0.717, 1.165) is 0 Å². The van der Waals surface area contributed by atoms with Crippen LogP contribution in [0.25, 0.3) is 0 Å². The summed E-state index contributed by atoms with van der Waals surface area (Å²) in [6.07, 6.45) is 0. The Balaban J connectivity index is 2.83. The first kappa shape index (κ1) is 5.43. The van der Waals surface area contributed by atoms with Crippen molar-refractivity contribution in [2.24, 2.45) is 0 Å². The molecule has 0 saturated carbocycles. The average molecular weight is 87.1 g/mol. The summed E-state index contributed by atoms with van der Waals surface area (Å²) in [5, 5.41) is 0. The molecule has 0 rings (SSSR count). The molecular formula is C3H7N2O. The van der Waals surface area contributed by atoms with Crippen molar-refractivity contribution in [2.45, 2.75) is 6.92 Å². The maximum Gasteiger partial charge on any atom is 0.254 e. The summed E-state index contributed by atoms with van der Waals surface area (Å²) in [7, 11) is 1.58. The minimum absolute atomic E-state index is 0.197. The van der Waals surface area contributed by atoms with Gasteiger partial charge in [-0.2, -0.15) is 5.43 Å². The van der Waals surface area contributed by atoms with Crippen LogP contribution in [0.2, 0.25) is 0 Å². The average Bonchev–Trinajstić information content (AvgIpc) is 1.35. The smallest absolute Gasteiger partial charge is 0.254 e.